The minimum Gasteiger partial charge on any atom is -0.330 e. The molecule has 0 atom stereocenters. The first-order valence-corrected chi connectivity index (χ1v) is 6.11. The van der Waals surface area contributed by atoms with E-state index >= 15 is 0 Å². The fourth-order valence-electron chi connectivity index (χ4n) is 2.56. The van der Waals surface area contributed by atoms with E-state index in [1.54, 1.807) is 0 Å². The van der Waals surface area contributed by atoms with Crippen molar-refractivity contribution in [2.24, 2.45) is 5.73 Å². The molecule has 0 amide bonds. The Morgan fingerprint density at radius 3 is 2.80 bits per heavy atom. The lowest BCUT2D eigenvalue weighted by Gasteiger charge is -2.10. The Hall–Kier alpha value is -0.830. The monoisotopic (exact) mass is 207 g/mol. The van der Waals surface area contributed by atoms with Crippen molar-refractivity contribution < 1.29 is 0 Å². The van der Waals surface area contributed by atoms with E-state index in [-0.39, 0.29) is 0 Å². The third-order valence-electron chi connectivity index (χ3n) is 3.34. The molecule has 1 fully saturated rings. The summed E-state index contributed by atoms with van der Waals surface area (Å²) in [7, 11) is 0. The molecule has 1 aliphatic carbocycles. The smallest absolute Gasteiger partial charge is 0.0640 e. The van der Waals surface area contributed by atoms with Crippen molar-refractivity contribution in [1.29, 1.82) is 0 Å². The summed E-state index contributed by atoms with van der Waals surface area (Å²) in [5.74, 6) is 0.754. The molecule has 1 aliphatic rings. The zero-order chi connectivity index (χ0) is 10.7. The maximum absolute atomic E-state index is 5.57. The van der Waals surface area contributed by atoms with Crippen LogP contribution in [0.3, 0.4) is 0 Å². The highest BCUT2D eigenvalue weighted by Crippen LogP contribution is 2.34. The van der Waals surface area contributed by atoms with Crippen LogP contribution >= 0.6 is 0 Å². The molecule has 0 bridgehead atoms. The molecule has 3 heteroatoms. The summed E-state index contributed by atoms with van der Waals surface area (Å²) in [6, 6.07) is 2.27. The molecule has 1 heterocycles. The molecule has 1 saturated carbocycles. The number of hydrogen-bond acceptors (Lipinski definition) is 2. The number of rotatable bonds is 4. The van der Waals surface area contributed by atoms with Gasteiger partial charge in [-0.1, -0.05) is 12.8 Å². The molecule has 0 aliphatic heterocycles. The van der Waals surface area contributed by atoms with Crippen molar-refractivity contribution in [2.45, 2.75) is 51.5 Å². The highest BCUT2D eigenvalue weighted by atomic mass is 15.3. The summed E-state index contributed by atoms with van der Waals surface area (Å²) in [5.41, 5.74) is 8.18. The largest absolute Gasteiger partial charge is 0.330 e. The molecule has 2 rings (SSSR count). The predicted molar refractivity (Wildman–Crippen MR) is 61.9 cm³/mol. The molecule has 3 nitrogen and oxygen atoms in total. The van der Waals surface area contributed by atoms with Crippen LogP contribution in [0, 0.1) is 0 Å². The Kier molecular flexibility index (Phi) is 3.41. The molecular weight excluding hydrogens is 186 g/mol. The van der Waals surface area contributed by atoms with Gasteiger partial charge in [0.05, 0.1) is 5.69 Å². The fourth-order valence-corrected chi connectivity index (χ4v) is 2.56. The van der Waals surface area contributed by atoms with E-state index in [0.717, 1.165) is 18.9 Å². The van der Waals surface area contributed by atoms with Gasteiger partial charge in [-0.25, -0.2) is 0 Å². The van der Waals surface area contributed by atoms with Gasteiger partial charge >= 0.3 is 0 Å². The number of hydrogen-bond donors (Lipinski definition) is 1. The van der Waals surface area contributed by atoms with Crippen LogP contribution in [0.4, 0.5) is 0 Å². The number of nitrogens with two attached hydrogens (primary N) is 1. The molecule has 15 heavy (non-hydrogen) atoms. The van der Waals surface area contributed by atoms with Crippen molar-refractivity contribution in [3.05, 3.63) is 17.5 Å². The maximum atomic E-state index is 5.57. The molecular formula is C12H21N3. The minimum atomic E-state index is 0.699. The summed E-state index contributed by atoms with van der Waals surface area (Å²) in [6.07, 6.45) is 6.35. The lowest BCUT2D eigenvalue weighted by atomic mass is 10.0. The molecule has 0 saturated heterocycles. The van der Waals surface area contributed by atoms with Crippen molar-refractivity contribution in [3.8, 4) is 0 Å². The predicted octanol–water partition coefficient (Wildman–Crippen LogP) is 2.06. The summed E-state index contributed by atoms with van der Waals surface area (Å²) in [6.45, 7) is 3.85. The SMILES string of the molecule is CCn1nc(CCN)cc1C1CCCC1. The molecule has 0 radical (unpaired) electrons. The lowest BCUT2D eigenvalue weighted by Crippen LogP contribution is -2.06. The second kappa shape index (κ2) is 4.79. The zero-order valence-electron chi connectivity index (χ0n) is 9.58. The minimum absolute atomic E-state index is 0.699. The van der Waals surface area contributed by atoms with E-state index in [1.807, 2.05) is 0 Å². The first kappa shape index (κ1) is 10.7. The van der Waals surface area contributed by atoms with Crippen LogP contribution in [0.5, 0.6) is 0 Å². The first-order chi connectivity index (χ1) is 7.35. The Labute approximate surface area is 91.7 Å². The van der Waals surface area contributed by atoms with Crippen LogP contribution < -0.4 is 5.73 Å². The Morgan fingerprint density at radius 1 is 1.47 bits per heavy atom. The molecule has 1 aromatic heterocycles. The topological polar surface area (TPSA) is 43.8 Å². The van der Waals surface area contributed by atoms with Crippen molar-refractivity contribution in [2.75, 3.05) is 6.54 Å². The zero-order valence-corrected chi connectivity index (χ0v) is 9.58. The van der Waals surface area contributed by atoms with Crippen LogP contribution in [0.25, 0.3) is 0 Å². The first-order valence-electron chi connectivity index (χ1n) is 6.11. The van der Waals surface area contributed by atoms with Gasteiger partial charge in [0.15, 0.2) is 0 Å². The molecule has 0 aromatic carbocycles. The van der Waals surface area contributed by atoms with Gasteiger partial charge in [-0.15, -0.1) is 0 Å². The average Bonchev–Trinajstić information content (AvgIpc) is 2.84. The van der Waals surface area contributed by atoms with E-state index in [0.29, 0.717) is 6.54 Å². The van der Waals surface area contributed by atoms with Crippen molar-refractivity contribution in [3.63, 3.8) is 0 Å². The summed E-state index contributed by atoms with van der Waals surface area (Å²) < 4.78 is 2.17. The standard InChI is InChI=1S/C12H21N3/c1-2-15-12(10-5-3-4-6-10)9-11(14-15)7-8-13/h9-10H,2-8,13H2,1H3. The lowest BCUT2D eigenvalue weighted by molar-refractivity contribution is 0.564. The van der Waals surface area contributed by atoms with Gasteiger partial charge in [0.25, 0.3) is 0 Å². The van der Waals surface area contributed by atoms with Gasteiger partial charge in [-0.05, 0) is 32.4 Å². The Morgan fingerprint density at radius 2 is 2.20 bits per heavy atom. The van der Waals surface area contributed by atoms with Gasteiger partial charge in [0, 0.05) is 24.6 Å². The number of aromatic nitrogens is 2. The fraction of sp³-hybridized carbons (Fsp3) is 0.750. The Bertz CT molecular complexity index is 311. The number of nitrogens with zero attached hydrogens (tertiary/aromatic N) is 2. The highest BCUT2D eigenvalue weighted by molar-refractivity contribution is 5.16. The average molecular weight is 207 g/mol. The van der Waals surface area contributed by atoms with Crippen LogP contribution in [-0.2, 0) is 13.0 Å². The van der Waals surface area contributed by atoms with E-state index in [2.05, 4.69) is 22.8 Å². The van der Waals surface area contributed by atoms with Gasteiger partial charge in [0.2, 0.25) is 0 Å². The van der Waals surface area contributed by atoms with Gasteiger partial charge in [-0.2, -0.15) is 5.10 Å². The van der Waals surface area contributed by atoms with Crippen molar-refractivity contribution in [1.82, 2.24) is 9.78 Å². The van der Waals surface area contributed by atoms with Crippen molar-refractivity contribution >= 4 is 0 Å². The normalized spacial score (nSPS) is 17.5. The number of aryl methyl sites for hydroxylation is 1. The van der Waals surface area contributed by atoms with E-state index in [4.69, 9.17) is 5.73 Å². The molecule has 2 N–H and O–H groups in total. The summed E-state index contributed by atoms with van der Waals surface area (Å²) in [5, 5.41) is 4.60. The third-order valence-corrected chi connectivity index (χ3v) is 3.34. The highest BCUT2D eigenvalue weighted by Gasteiger charge is 2.21. The van der Waals surface area contributed by atoms with Crippen LogP contribution in [-0.4, -0.2) is 16.3 Å². The molecule has 0 unspecified atom stereocenters. The van der Waals surface area contributed by atoms with Gasteiger partial charge in [-0.3, -0.25) is 4.68 Å². The van der Waals surface area contributed by atoms with E-state index in [1.165, 1.54) is 37.1 Å². The van der Waals surface area contributed by atoms with Crippen LogP contribution in [0.1, 0.15) is 49.9 Å². The summed E-state index contributed by atoms with van der Waals surface area (Å²) in [4.78, 5) is 0. The molecule has 84 valence electrons. The van der Waals surface area contributed by atoms with Gasteiger partial charge in [0.1, 0.15) is 0 Å². The van der Waals surface area contributed by atoms with E-state index < -0.39 is 0 Å². The summed E-state index contributed by atoms with van der Waals surface area (Å²) >= 11 is 0. The quantitative estimate of drug-likeness (QED) is 0.821. The second-order valence-electron chi connectivity index (χ2n) is 4.40. The van der Waals surface area contributed by atoms with Crippen LogP contribution in [0.15, 0.2) is 6.07 Å². The Balaban J connectivity index is 2.19. The molecule has 1 aromatic rings. The molecule has 0 spiro atoms. The van der Waals surface area contributed by atoms with E-state index in [9.17, 15) is 0 Å². The third kappa shape index (κ3) is 2.23. The second-order valence-corrected chi connectivity index (χ2v) is 4.40. The van der Waals surface area contributed by atoms with Crippen LogP contribution in [0.2, 0.25) is 0 Å². The maximum Gasteiger partial charge on any atom is 0.0640 e. The van der Waals surface area contributed by atoms with Gasteiger partial charge < -0.3 is 5.73 Å².